The maximum atomic E-state index is 10.7. The Morgan fingerprint density at radius 3 is 1.37 bits per heavy atom. The Morgan fingerprint density at radius 2 is 1.02 bits per heavy atom. The lowest BCUT2D eigenvalue weighted by molar-refractivity contribution is -0.170. The topological polar surface area (TPSA) is 87.0 Å². The number of benzene rings is 1. The lowest BCUT2D eigenvalue weighted by atomic mass is 10.0. The highest BCUT2D eigenvalue weighted by molar-refractivity contribution is 5.78. The summed E-state index contributed by atoms with van der Waals surface area (Å²) in [6.45, 7) is 7.13. The first-order valence-electron chi connectivity index (χ1n) is 17.9. The monoisotopic (exact) mass is 605 g/mol. The van der Waals surface area contributed by atoms with Gasteiger partial charge in [0.15, 0.2) is 0 Å². The molecule has 5 heteroatoms. The van der Waals surface area contributed by atoms with E-state index in [1.165, 1.54) is 140 Å². The predicted octanol–water partition coefficient (Wildman–Crippen LogP) is 10.9. The summed E-state index contributed by atoms with van der Waals surface area (Å²) >= 11 is 0. The average molecular weight is 605 g/mol. The zero-order valence-corrected chi connectivity index (χ0v) is 28.1. The van der Waals surface area contributed by atoms with E-state index in [1.807, 2.05) is 12.1 Å². The summed E-state index contributed by atoms with van der Waals surface area (Å²) < 4.78 is 5.82. The maximum absolute atomic E-state index is 10.7. The largest absolute Gasteiger partial charge is 0.478 e. The number of aliphatic hydroxyl groups excluding tert-OH is 1. The SMILES string of the molecule is C=CC(=O)O.CCCCCCCCCCCCCCCCCCC(O)(CO)Oc1ccc(CCCCCCCCC)cc1. The number of aliphatic hydroxyl groups is 2. The Balaban J connectivity index is 0.00000324. The molecule has 3 N–H and O–H groups in total. The molecule has 0 spiro atoms. The molecule has 0 radical (unpaired) electrons. The fraction of sp³-hybridized carbons (Fsp3) is 0.763. The minimum absolute atomic E-state index is 0.370. The lowest BCUT2D eigenvalue weighted by Gasteiger charge is -2.27. The minimum Gasteiger partial charge on any atom is -0.478 e. The Hall–Kier alpha value is -1.85. The van der Waals surface area contributed by atoms with Crippen molar-refractivity contribution in [3.8, 4) is 5.75 Å². The van der Waals surface area contributed by atoms with Crippen molar-refractivity contribution in [2.75, 3.05) is 6.61 Å². The minimum atomic E-state index is -1.48. The molecule has 0 fully saturated rings. The number of hydrogen-bond donors (Lipinski definition) is 3. The van der Waals surface area contributed by atoms with Crippen LogP contribution in [-0.2, 0) is 11.2 Å². The van der Waals surface area contributed by atoms with Crippen LogP contribution in [0.2, 0.25) is 0 Å². The van der Waals surface area contributed by atoms with Crippen LogP contribution in [-0.4, -0.2) is 33.7 Å². The van der Waals surface area contributed by atoms with E-state index in [1.54, 1.807) is 0 Å². The smallest absolute Gasteiger partial charge is 0.327 e. The van der Waals surface area contributed by atoms with Gasteiger partial charge in [-0.3, -0.25) is 0 Å². The molecule has 0 aliphatic rings. The van der Waals surface area contributed by atoms with Crippen LogP contribution in [0.4, 0.5) is 0 Å². The van der Waals surface area contributed by atoms with Crippen molar-refractivity contribution < 1.29 is 24.9 Å². The normalized spacial score (nSPS) is 12.3. The molecule has 0 aliphatic carbocycles. The van der Waals surface area contributed by atoms with Crippen molar-refractivity contribution in [3.05, 3.63) is 42.5 Å². The van der Waals surface area contributed by atoms with Gasteiger partial charge in [-0.25, -0.2) is 4.79 Å². The van der Waals surface area contributed by atoms with Gasteiger partial charge in [0, 0.05) is 12.5 Å². The molecule has 1 aromatic carbocycles. The van der Waals surface area contributed by atoms with E-state index >= 15 is 0 Å². The molecule has 0 bridgehead atoms. The fourth-order valence-electron chi connectivity index (χ4n) is 5.34. The van der Waals surface area contributed by atoms with Crippen LogP contribution in [0.25, 0.3) is 0 Å². The maximum Gasteiger partial charge on any atom is 0.327 e. The highest BCUT2D eigenvalue weighted by Crippen LogP contribution is 2.23. The van der Waals surface area contributed by atoms with Crippen molar-refractivity contribution in [1.29, 1.82) is 0 Å². The Labute approximate surface area is 265 Å². The van der Waals surface area contributed by atoms with Crippen LogP contribution in [0.15, 0.2) is 36.9 Å². The third-order valence-corrected chi connectivity index (χ3v) is 8.14. The molecule has 43 heavy (non-hydrogen) atoms. The van der Waals surface area contributed by atoms with Gasteiger partial charge in [-0.1, -0.05) is 167 Å². The highest BCUT2D eigenvalue weighted by Gasteiger charge is 2.27. The van der Waals surface area contributed by atoms with Gasteiger partial charge in [-0.05, 0) is 37.0 Å². The van der Waals surface area contributed by atoms with Crippen LogP contribution >= 0.6 is 0 Å². The molecule has 1 aromatic rings. The van der Waals surface area contributed by atoms with Gasteiger partial charge >= 0.3 is 5.97 Å². The van der Waals surface area contributed by atoms with E-state index in [0.717, 1.165) is 25.3 Å². The van der Waals surface area contributed by atoms with Gasteiger partial charge in [0.2, 0.25) is 5.79 Å². The van der Waals surface area contributed by atoms with Crippen LogP contribution in [0.3, 0.4) is 0 Å². The standard InChI is InChI=1S/C35H64O3.C3H4O2/c1-3-5-7-9-11-12-13-14-15-16-17-18-19-21-23-25-31-35(37,32-36)38-34-29-27-33(28-30-34)26-24-22-20-10-8-6-4-2;1-2-3(4)5/h27-30,36-37H,3-26,31-32H2,1-2H3;2H,1H2,(H,4,5). The molecule has 0 heterocycles. The van der Waals surface area contributed by atoms with E-state index < -0.39 is 11.8 Å². The molecule has 0 saturated heterocycles. The molecule has 0 saturated carbocycles. The van der Waals surface area contributed by atoms with Gasteiger partial charge in [-0.15, -0.1) is 0 Å². The summed E-state index contributed by atoms with van der Waals surface area (Å²) in [5.74, 6) is -1.82. The lowest BCUT2D eigenvalue weighted by Crippen LogP contribution is -2.39. The van der Waals surface area contributed by atoms with E-state index in [-0.39, 0.29) is 6.61 Å². The summed E-state index contributed by atoms with van der Waals surface area (Å²) in [6.07, 6.45) is 32.9. The molecule has 250 valence electrons. The van der Waals surface area contributed by atoms with Crippen molar-refractivity contribution in [1.82, 2.24) is 0 Å². The van der Waals surface area contributed by atoms with Gasteiger partial charge in [0.05, 0.1) is 0 Å². The summed E-state index contributed by atoms with van der Waals surface area (Å²) in [4.78, 5) is 9.25. The van der Waals surface area contributed by atoms with E-state index in [4.69, 9.17) is 9.84 Å². The number of carboxylic acids is 1. The fourth-order valence-corrected chi connectivity index (χ4v) is 5.34. The van der Waals surface area contributed by atoms with Crippen molar-refractivity contribution in [2.24, 2.45) is 0 Å². The molecule has 1 atom stereocenters. The zero-order chi connectivity index (χ0) is 31.9. The second-order valence-electron chi connectivity index (χ2n) is 12.3. The predicted molar refractivity (Wildman–Crippen MR) is 183 cm³/mol. The average Bonchev–Trinajstić information content (AvgIpc) is 3.01. The van der Waals surface area contributed by atoms with E-state index in [9.17, 15) is 15.0 Å². The van der Waals surface area contributed by atoms with Gasteiger partial charge in [-0.2, -0.15) is 0 Å². The molecule has 0 amide bonds. The molecule has 0 aliphatic heterocycles. The van der Waals surface area contributed by atoms with Gasteiger partial charge < -0.3 is 20.1 Å². The molecular weight excluding hydrogens is 536 g/mol. The van der Waals surface area contributed by atoms with Crippen molar-refractivity contribution >= 4 is 5.97 Å². The number of aliphatic carboxylic acids is 1. The first kappa shape index (κ1) is 41.1. The molecule has 5 nitrogen and oxygen atoms in total. The van der Waals surface area contributed by atoms with Crippen LogP contribution < -0.4 is 4.74 Å². The number of carbonyl (C=O) groups is 1. The van der Waals surface area contributed by atoms with Crippen LogP contribution in [0.5, 0.6) is 5.75 Å². The number of hydrogen-bond acceptors (Lipinski definition) is 4. The third kappa shape index (κ3) is 27.4. The van der Waals surface area contributed by atoms with Crippen LogP contribution in [0, 0.1) is 0 Å². The second kappa shape index (κ2) is 30.2. The number of rotatable bonds is 29. The zero-order valence-electron chi connectivity index (χ0n) is 28.1. The number of unbranched alkanes of at least 4 members (excludes halogenated alkanes) is 21. The Morgan fingerprint density at radius 1 is 0.674 bits per heavy atom. The number of ether oxygens (including phenoxy) is 1. The summed E-state index contributed by atoms with van der Waals surface area (Å²) in [5.41, 5.74) is 1.32. The second-order valence-corrected chi connectivity index (χ2v) is 12.3. The van der Waals surface area contributed by atoms with Gasteiger partial charge in [0.25, 0.3) is 0 Å². The highest BCUT2D eigenvalue weighted by atomic mass is 16.6. The first-order valence-corrected chi connectivity index (χ1v) is 17.9. The Kier molecular flexibility index (Phi) is 28.9. The van der Waals surface area contributed by atoms with Crippen LogP contribution in [0.1, 0.15) is 174 Å². The van der Waals surface area contributed by atoms with Gasteiger partial charge in [0.1, 0.15) is 12.4 Å². The number of aryl methyl sites for hydroxylation is 1. The molecule has 1 unspecified atom stereocenters. The molecule has 0 aromatic heterocycles. The summed E-state index contributed by atoms with van der Waals surface area (Å²) in [5, 5.41) is 28.1. The summed E-state index contributed by atoms with van der Waals surface area (Å²) in [7, 11) is 0. The van der Waals surface area contributed by atoms with E-state index in [2.05, 4.69) is 32.6 Å². The molecular formula is C38H68O5. The van der Waals surface area contributed by atoms with E-state index in [0.29, 0.717) is 12.2 Å². The summed E-state index contributed by atoms with van der Waals surface area (Å²) in [6, 6.07) is 8.06. The Bertz CT molecular complexity index is 747. The third-order valence-electron chi connectivity index (χ3n) is 8.14. The quantitative estimate of drug-likeness (QED) is 0.0481. The first-order chi connectivity index (χ1) is 20.9. The molecule has 1 rings (SSSR count). The number of carboxylic acid groups (broad SMARTS) is 1. The van der Waals surface area contributed by atoms with Crippen molar-refractivity contribution in [2.45, 2.75) is 180 Å². The van der Waals surface area contributed by atoms with Crippen molar-refractivity contribution in [3.63, 3.8) is 0 Å².